The van der Waals surface area contributed by atoms with E-state index < -0.39 is 29.7 Å². The number of hydrogen-bond donors (Lipinski definition) is 2. The van der Waals surface area contributed by atoms with Crippen LogP contribution >= 0.6 is 0 Å². The van der Waals surface area contributed by atoms with E-state index in [-0.39, 0.29) is 13.0 Å². The fourth-order valence-corrected chi connectivity index (χ4v) is 1.78. The van der Waals surface area contributed by atoms with Crippen LogP contribution in [0, 0.1) is 0 Å². The molecule has 19 heavy (non-hydrogen) atoms. The molecule has 1 rings (SSSR count). The summed E-state index contributed by atoms with van der Waals surface area (Å²) in [4.78, 5) is 34.2. The second kappa shape index (κ2) is 5.29. The summed E-state index contributed by atoms with van der Waals surface area (Å²) >= 11 is 0. The summed E-state index contributed by atoms with van der Waals surface area (Å²) < 4.78 is 5.06. The van der Waals surface area contributed by atoms with Crippen LogP contribution in [0.2, 0.25) is 0 Å². The summed E-state index contributed by atoms with van der Waals surface area (Å²) in [5, 5.41) is 17.8. The van der Waals surface area contributed by atoms with Crippen molar-refractivity contribution in [2.75, 3.05) is 6.54 Å². The van der Waals surface area contributed by atoms with E-state index in [1.165, 1.54) is 6.08 Å². The van der Waals surface area contributed by atoms with Gasteiger partial charge in [0.1, 0.15) is 11.6 Å². The Morgan fingerprint density at radius 3 is 2.26 bits per heavy atom. The monoisotopic (exact) mass is 271 g/mol. The number of carbonyl (C=O) groups excluding carboxylic acids is 1. The van der Waals surface area contributed by atoms with Gasteiger partial charge in [-0.2, -0.15) is 0 Å². The summed E-state index contributed by atoms with van der Waals surface area (Å²) in [6.45, 7) is 5.04. The number of carboxylic acid groups (broad SMARTS) is 2. The zero-order valence-corrected chi connectivity index (χ0v) is 11.0. The van der Waals surface area contributed by atoms with Crippen molar-refractivity contribution < 1.29 is 29.3 Å². The predicted octanol–water partition coefficient (Wildman–Crippen LogP) is 1.09. The Morgan fingerprint density at radius 2 is 1.89 bits per heavy atom. The van der Waals surface area contributed by atoms with Gasteiger partial charge in [0, 0.05) is 19.0 Å². The maximum Gasteiger partial charge on any atom is 0.408 e. The van der Waals surface area contributed by atoms with E-state index in [2.05, 4.69) is 0 Å². The largest absolute Gasteiger partial charge is 0.480 e. The lowest BCUT2D eigenvalue weighted by molar-refractivity contribution is -0.148. The second-order valence-corrected chi connectivity index (χ2v) is 5.30. The molecule has 0 radical (unpaired) electrons. The number of carboxylic acids is 1. The van der Waals surface area contributed by atoms with Crippen LogP contribution < -0.4 is 0 Å². The molecule has 1 unspecified atom stereocenters. The minimum atomic E-state index is -1.32. The van der Waals surface area contributed by atoms with E-state index in [9.17, 15) is 14.4 Å². The average molecular weight is 271 g/mol. The number of likely N-dealkylation sites (tertiary alicyclic amines) is 1. The number of esters is 1. The normalized spacial score (nSPS) is 21.5. The number of rotatable bonds is 2. The lowest BCUT2D eigenvalue weighted by Crippen LogP contribution is -2.39. The number of hydrogen-bond acceptors (Lipinski definition) is 4. The van der Waals surface area contributed by atoms with Gasteiger partial charge in [0.15, 0.2) is 0 Å². The Kier molecular flexibility index (Phi) is 4.18. The molecule has 7 heteroatoms. The van der Waals surface area contributed by atoms with Crippen molar-refractivity contribution in [1.29, 1.82) is 0 Å². The summed E-state index contributed by atoms with van der Waals surface area (Å²) in [6, 6.07) is -1.15. The highest BCUT2D eigenvalue weighted by Crippen LogP contribution is 2.23. The molecular formula is C12H17NO6. The Hall–Kier alpha value is -2.05. The molecule has 106 valence electrons. The third kappa shape index (κ3) is 4.27. The zero-order chi connectivity index (χ0) is 14.8. The van der Waals surface area contributed by atoms with Gasteiger partial charge in [-0.05, 0) is 26.3 Å². The Balaban J connectivity index is 2.79. The molecule has 1 aliphatic heterocycles. The molecule has 1 aliphatic rings. The van der Waals surface area contributed by atoms with Crippen LogP contribution in [-0.4, -0.2) is 51.3 Å². The third-order valence-corrected chi connectivity index (χ3v) is 2.46. The van der Waals surface area contributed by atoms with Crippen molar-refractivity contribution in [3.05, 3.63) is 11.6 Å². The molecule has 1 heterocycles. The first-order valence-electron chi connectivity index (χ1n) is 5.75. The molecule has 0 aromatic carbocycles. The van der Waals surface area contributed by atoms with Gasteiger partial charge < -0.3 is 14.9 Å². The number of ether oxygens (including phenoxy) is 1. The summed E-state index contributed by atoms with van der Waals surface area (Å²) in [5.74, 6) is -1.83. The molecule has 1 saturated heterocycles. The summed E-state index contributed by atoms with van der Waals surface area (Å²) in [6.07, 6.45) is -0.148. The fraction of sp³-hybridized carbons (Fsp3) is 0.583. The van der Waals surface area contributed by atoms with Crippen molar-refractivity contribution >= 4 is 18.0 Å². The quantitative estimate of drug-likeness (QED) is 0.575. The molecule has 0 aliphatic carbocycles. The van der Waals surface area contributed by atoms with Gasteiger partial charge in [-0.1, -0.05) is 0 Å². The van der Waals surface area contributed by atoms with Gasteiger partial charge >= 0.3 is 18.0 Å². The fourth-order valence-electron chi connectivity index (χ4n) is 1.78. The van der Waals surface area contributed by atoms with Gasteiger partial charge in [0.2, 0.25) is 0 Å². The van der Waals surface area contributed by atoms with Gasteiger partial charge in [-0.25, -0.2) is 14.4 Å². The second-order valence-electron chi connectivity index (χ2n) is 5.30. The van der Waals surface area contributed by atoms with Crippen LogP contribution in [0.3, 0.4) is 0 Å². The summed E-state index contributed by atoms with van der Waals surface area (Å²) in [7, 11) is 0. The van der Waals surface area contributed by atoms with Crippen LogP contribution in [0.25, 0.3) is 0 Å². The molecule has 0 spiro atoms. The van der Waals surface area contributed by atoms with Gasteiger partial charge in [-0.15, -0.1) is 0 Å². The molecule has 1 fully saturated rings. The molecule has 0 saturated carbocycles. The highest BCUT2D eigenvalue weighted by molar-refractivity contribution is 5.85. The molecule has 2 N–H and O–H groups in total. The third-order valence-electron chi connectivity index (χ3n) is 2.46. The van der Waals surface area contributed by atoms with Crippen LogP contribution in [0.5, 0.6) is 0 Å². The molecule has 0 bridgehead atoms. The van der Waals surface area contributed by atoms with E-state index in [4.69, 9.17) is 14.9 Å². The Bertz CT molecular complexity index is 410. The molecule has 1 atom stereocenters. The smallest absolute Gasteiger partial charge is 0.408 e. The highest BCUT2D eigenvalue weighted by atomic mass is 16.6. The first-order valence-corrected chi connectivity index (χ1v) is 5.75. The molecule has 0 aromatic heterocycles. The van der Waals surface area contributed by atoms with E-state index >= 15 is 0 Å². The van der Waals surface area contributed by atoms with E-state index in [1.54, 1.807) is 20.8 Å². The highest BCUT2D eigenvalue weighted by Gasteiger charge is 2.37. The standard InChI is InChI=1S/C12H17NO6/c1-12(2,3)19-9(14)5-7-4-8(10(15)16)13(6-7)11(17)18/h5,8H,4,6H2,1-3H3,(H,15,16)(H,17,18). The number of carbonyl (C=O) groups is 3. The predicted molar refractivity (Wildman–Crippen MR) is 64.7 cm³/mol. The Labute approximate surface area is 110 Å². The number of amides is 1. The van der Waals surface area contributed by atoms with Crippen molar-refractivity contribution in [3.8, 4) is 0 Å². The molecule has 1 amide bonds. The van der Waals surface area contributed by atoms with Crippen LogP contribution in [0.15, 0.2) is 11.6 Å². The number of nitrogens with zero attached hydrogens (tertiary/aromatic N) is 1. The first-order chi connectivity index (χ1) is 8.60. The van der Waals surface area contributed by atoms with E-state index in [1.807, 2.05) is 0 Å². The first kappa shape index (κ1) is 15.0. The summed E-state index contributed by atoms with van der Waals surface area (Å²) in [5.41, 5.74) is -0.213. The lowest BCUT2D eigenvalue weighted by Gasteiger charge is -2.18. The number of aliphatic carboxylic acids is 1. The van der Waals surface area contributed by atoms with Crippen LogP contribution in [0.4, 0.5) is 4.79 Å². The van der Waals surface area contributed by atoms with Crippen LogP contribution in [0.1, 0.15) is 27.2 Å². The van der Waals surface area contributed by atoms with Gasteiger partial charge in [-0.3, -0.25) is 4.90 Å². The Morgan fingerprint density at radius 1 is 1.32 bits per heavy atom. The molecule has 7 nitrogen and oxygen atoms in total. The SMILES string of the molecule is CC(C)(C)OC(=O)C=C1CC(C(=O)O)N(C(=O)O)C1. The van der Waals surface area contributed by atoms with Crippen molar-refractivity contribution in [1.82, 2.24) is 4.90 Å². The minimum Gasteiger partial charge on any atom is -0.480 e. The lowest BCUT2D eigenvalue weighted by atomic mass is 10.1. The topological polar surface area (TPSA) is 104 Å². The minimum absolute atomic E-state index is 0.000869. The molecular weight excluding hydrogens is 254 g/mol. The van der Waals surface area contributed by atoms with Crippen molar-refractivity contribution in [2.45, 2.75) is 38.8 Å². The maximum absolute atomic E-state index is 11.6. The zero-order valence-electron chi connectivity index (χ0n) is 11.0. The van der Waals surface area contributed by atoms with Crippen molar-refractivity contribution in [3.63, 3.8) is 0 Å². The van der Waals surface area contributed by atoms with E-state index in [0.717, 1.165) is 4.90 Å². The average Bonchev–Trinajstić information content (AvgIpc) is 2.58. The molecule has 0 aromatic rings. The van der Waals surface area contributed by atoms with E-state index in [0.29, 0.717) is 5.57 Å². The maximum atomic E-state index is 11.6. The van der Waals surface area contributed by atoms with Gasteiger partial charge in [0.25, 0.3) is 0 Å². The van der Waals surface area contributed by atoms with Gasteiger partial charge in [0.05, 0.1) is 0 Å². The van der Waals surface area contributed by atoms with Crippen molar-refractivity contribution in [2.24, 2.45) is 0 Å². The van der Waals surface area contributed by atoms with Crippen LogP contribution in [-0.2, 0) is 14.3 Å².